The van der Waals surface area contributed by atoms with E-state index in [0.717, 1.165) is 51.7 Å². The maximum absolute atomic E-state index is 5.81. The van der Waals surface area contributed by atoms with E-state index in [1.165, 1.54) is 6.42 Å². The molecule has 3 aliphatic rings. The van der Waals surface area contributed by atoms with E-state index in [0.29, 0.717) is 18.1 Å². The van der Waals surface area contributed by atoms with Gasteiger partial charge in [-0.2, -0.15) is 0 Å². The average Bonchev–Trinajstić information content (AvgIpc) is 2.94. The van der Waals surface area contributed by atoms with Crippen LogP contribution >= 0.6 is 0 Å². The van der Waals surface area contributed by atoms with Gasteiger partial charge < -0.3 is 20.1 Å². The van der Waals surface area contributed by atoms with E-state index < -0.39 is 0 Å². The fraction of sp³-hybridized carbons (Fsp3) is 0.917. The summed E-state index contributed by atoms with van der Waals surface area (Å²) in [5.41, 5.74) is 0. The molecule has 96 valence electrons. The van der Waals surface area contributed by atoms with Crippen molar-refractivity contribution in [2.45, 2.75) is 25.0 Å². The number of hydrogen-bond donors (Lipinski definition) is 2. The van der Waals surface area contributed by atoms with Gasteiger partial charge in [0.25, 0.3) is 0 Å². The quantitative estimate of drug-likeness (QED) is 0.699. The van der Waals surface area contributed by atoms with Crippen LogP contribution in [-0.2, 0) is 9.47 Å². The van der Waals surface area contributed by atoms with Crippen LogP contribution in [0.4, 0.5) is 0 Å². The lowest BCUT2D eigenvalue weighted by Gasteiger charge is -2.36. The number of piperidine rings is 1. The van der Waals surface area contributed by atoms with Gasteiger partial charge in [0.15, 0.2) is 0 Å². The third kappa shape index (κ3) is 2.61. The molecule has 5 heteroatoms. The molecule has 2 fully saturated rings. The first-order valence-corrected chi connectivity index (χ1v) is 6.66. The Labute approximate surface area is 102 Å². The van der Waals surface area contributed by atoms with Crippen molar-refractivity contribution in [1.29, 1.82) is 0 Å². The first-order chi connectivity index (χ1) is 8.43. The molecule has 2 N–H and O–H groups in total. The third-order valence-electron chi connectivity index (χ3n) is 3.84. The fourth-order valence-corrected chi connectivity index (χ4v) is 2.86. The molecule has 0 aromatic carbocycles. The zero-order chi connectivity index (χ0) is 11.5. The van der Waals surface area contributed by atoms with Gasteiger partial charge in [-0.25, -0.2) is 0 Å². The molecule has 3 atom stereocenters. The minimum Gasteiger partial charge on any atom is -0.478 e. The van der Waals surface area contributed by atoms with Crippen molar-refractivity contribution in [2.24, 2.45) is 10.9 Å². The van der Waals surface area contributed by atoms with Crippen LogP contribution in [0.25, 0.3) is 0 Å². The van der Waals surface area contributed by atoms with Gasteiger partial charge >= 0.3 is 0 Å². The van der Waals surface area contributed by atoms with Crippen LogP contribution in [0.2, 0.25) is 0 Å². The molecule has 0 bridgehead atoms. The summed E-state index contributed by atoms with van der Waals surface area (Å²) in [6.45, 7) is 5.43. The summed E-state index contributed by atoms with van der Waals surface area (Å²) < 4.78 is 11.3. The largest absolute Gasteiger partial charge is 0.478 e. The second-order valence-corrected chi connectivity index (χ2v) is 4.98. The molecule has 5 nitrogen and oxygen atoms in total. The number of rotatable bonds is 2. The summed E-state index contributed by atoms with van der Waals surface area (Å²) in [6, 6.07) is 0.338. The van der Waals surface area contributed by atoms with E-state index >= 15 is 0 Å². The number of hydrogen-bond acceptors (Lipinski definition) is 5. The SMILES string of the molecule is C1COC(C2CCC(C3CNCCO3)CN2)=N1. The minimum atomic E-state index is 0.338. The number of aliphatic imine (C=N–C) groups is 1. The highest BCUT2D eigenvalue weighted by molar-refractivity contribution is 5.83. The smallest absolute Gasteiger partial charge is 0.201 e. The van der Waals surface area contributed by atoms with Crippen LogP contribution in [-0.4, -0.2) is 57.4 Å². The lowest BCUT2D eigenvalue weighted by Crippen LogP contribution is -2.51. The molecule has 2 saturated heterocycles. The molecule has 3 unspecified atom stereocenters. The van der Waals surface area contributed by atoms with Crippen LogP contribution in [0.3, 0.4) is 0 Å². The highest BCUT2D eigenvalue weighted by Gasteiger charge is 2.32. The van der Waals surface area contributed by atoms with Gasteiger partial charge in [0.1, 0.15) is 6.61 Å². The first kappa shape index (κ1) is 11.4. The van der Waals surface area contributed by atoms with E-state index in [-0.39, 0.29) is 0 Å². The summed E-state index contributed by atoms with van der Waals surface area (Å²) in [6.07, 6.45) is 2.69. The average molecular weight is 239 g/mol. The molecular formula is C12H21N3O2. The van der Waals surface area contributed by atoms with E-state index in [1.54, 1.807) is 0 Å². The lowest BCUT2D eigenvalue weighted by atomic mass is 9.89. The molecule has 3 heterocycles. The Morgan fingerprint density at radius 2 is 2.18 bits per heavy atom. The summed E-state index contributed by atoms with van der Waals surface area (Å²) in [4.78, 5) is 4.39. The number of nitrogens with zero attached hydrogens (tertiary/aromatic N) is 1. The topological polar surface area (TPSA) is 54.9 Å². The standard InChI is InChI=1S/C12H21N3O2/c1-2-10(12-14-4-6-17-12)15-7-9(1)11-8-13-3-5-16-11/h9-11,13,15H,1-8H2. The number of ether oxygens (including phenoxy) is 2. The van der Waals surface area contributed by atoms with Gasteiger partial charge in [-0.05, 0) is 18.8 Å². The molecule has 0 radical (unpaired) electrons. The first-order valence-electron chi connectivity index (χ1n) is 6.66. The zero-order valence-electron chi connectivity index (χ0n) is 10.2. The van der Waals surface area contributed by atoms with E-state index in [2.05, 4.69) is 15.6 Å². The fourth-order valence-electron chi connectivity index (χ4n) is 2.86. The lowest BCUT2D eigenvalue weighted by molar-refractivity contribution is -0.0167. The van der Waals surface area contributed by atoms with E-state index in [1.807, 2.05) is 0 Å². The molecule has 0 aliphatic carbocycles. The summed E-state index contributed by atoms with van der Waals surface area (Å²) in [7, 11) is 0. The molecule has 0 spiro atoms. The Kier molecular flexibility index (Phi) is 3.59. The Bertz CT molecular complexity index is 281. The van der Waals surface area contributed by atoms with Gasteiger partial charge in [-0.1, -0.05) is 0 Å². The third-order valence-corrected chi connectivity index (χ3v) is 3.84. The van der Waals surface area contributed by atoms with Crippen molar-refractivity contribution >= 4 is 5.90 Å². The summed E-state index contributed by atoms with van der Waals surface area (Å²) >= 11 is 0. The summed E-state index contributed by atoms with van der Waals surface area (Å²) in [5.74, 6) is 1.55. The van der Waals surface area contributed by atoms with Crippen LogP contribution in [0, 0.1) is 5.92 Å². The van der Waals surface area contributed by atoms with Crippen molar-refractivity contribution in [2.75, 3.05) is 39.4 Å². The monoisotopic (exact) mass is 239 g/mol. The zero-order valence-corrected chi connectivity index (χ0v) is 10.2. The normalized spacial score (nSPS) is 38.6. The van der Waals surface area contributed by atoms with Crippen LogP contribution in [0.15, 0.2) is 4.99 Å². The van der Waals surface area contributed by atoms with Gasteiger partial charge in [-0.15, -0.1) is 0 Å². The van der Waals surface area contributed by atoms with Crippen molar-refractivity contribution in [1.82, 2.24) is 10.6 Å². The molecule has 0 aromatic heterocycles. The van der Waals surface area contributed by atoms with E-state index in [4.69, 9.17) is 9.47 Å². The minimum absolute atomic E-state index is 0.338. The highest BCUT2D eigenvalue weighted by Crippen LogP contribution is 2.22. The van der Waals surface area contributed by atoms with Gasteiger partial charge in [0, 0.05) is 19.6 Å². The molecule has 0 aromatic rings. The Morgan fingerprint density at radius 3 is 2.82 bits per heavy atom. The van der Waals surface area contributed by atoms with Gasteiger partial charge in [0.2, 0.25) is 5.90 Å². The molecule has 0 saturated carbocycles. The molecular weight excluding hydrogens is 218 g/mol. The van der Waals surface area contributed by atoms with Gasteiger partial charge in [0.05, 0.1) is 25.3 Å². The maximum Gasteiger partial charge on any atom is 0.201 e. The van der Waals surface area contributed by atoms with Crippen molar-refractivity contribution < 1.29 is 9.47 Å². The molecule has 3 rings (SSSR count). The Hall–Kier alpha value is -0.650. The summed E-state index contributed by atoms with van der Waals surface area (Å²) in [5, 5.41) is 6.94. The predicted molar refractivity (Wildman–Crippen MR) is 65.4 cm³/mol. The van der Waals surface area contributed by atoms with Crippen molar-refractivity contribution in [3.8, 4) is 0 Å². The van der Waals surface area contributed by atoms with Crippen LogP contribution < -0.4 is 10.6 Å². The van der Waals surface area contributed by atoms with Crippen LogP contribution in [0.1, 0.15) is 12.8 Å². The Balaban J connectivity index is 1.49. The maximum atomic E-state index is 5.81. The molecule has 0 amide bonds. The van der Waals surface area contributed by atoms with Crippen LogP contribution in [0.5, 0.6) is 0 Å². The van der Waals surface area contributed by atoms with E-state index in [9.17, 15) is 0 Å². The number of morpholine rings is 1. The molecule has 3 aliphatic heterocycles. The predicted octanol–water partition coefficient (Wildman–Crippen LogP) is -0.228. The Morgan fingerprint density at radius 1 is 1.18 bits per heavy atom. The van der Waals surface area contributed by atoms with Gasteiger partial charge in [-0.3, -0.25) is 4.99 Å². The van der Waals surface area contributed by atoms with Crippen molar-refractivity contribution in [3.05, 3.63) is 0 Å². The van der Waals surface area contributed by atoms with Crippen molar-refractivity contribution in [3.63, 3.8) is 0 Å². The second-order valence-electron chi connectivity index (χ2n) is 4.98. The molecule has 17 heavy (non-hydrogen) atoms. The second kappa shape index (κ2) is 5.33. The highest BCUT2D eigenvalue weighted by atomic mass is 16.5. The number of nitrogens with one attached hydrogen (secondary N) is 2.